The van der Waals surface area contributed by atoms with Crippen LogP contribution in [0.4, 0.5) is 0 Å². The minimum atomic E-state index is 1.23. The molecule has 0 unspecified atom stereocenters. The Labute approximate surface area is 127 Å². The van der Waals surface area contributed by atoms with Gasteiger partial charge in [0.2, 0.25) is 0 Å². The van der Waals surface area contributed by atoms with Gasteiger partial charge in [0.1, 0.15) is 0 Å². The lowest BCUT2D eigenvalue weighted by atomic mass is 9.97. The summed E-state index contributed by atoms with van der Waals surface area (Å²) in [5.41, 5.74) is 3.02. The van der Waals surface area contributed by atoms with E-state index in [4.69, 9.17) is 0 Å². The molecule has 0 fully saturated rings. The molecule has 0 spiro atoms. The summed E-state index contributed by atoms with van der Waals surface area (Å²) in [7, 11) is 0. The molecular formula is C20H33. The van der Waals surface area contributed by atoms with Crippen molar-refractivity contribution in [1.29, 1.82) is 0 Å². The highest BCUT2D eigenvalue weighted by Crippen LogP contribution is 2.16. The second kappa shape index (κ2) is 12.0. The van der Waals surface area contributed by atoms with Crippen LogP contribution in [0.25, 0.3) is 0 Å². The zero-order chi connectivity index (χ0) is 14.5. The van der Waals surface area contributed by atoms with Crippen molar-refractivity contribution in [2.75, 3.05) is 0 Å². The van der Waals surface area contributed by atoms with Gasteiger partial charge in [0.25, 0.3) is 0 Å². The minimum Gasteiger partial charge on any atom is -0.0654 e. The highest BCUT2D eigenvalue weighted by atomic mass is 14.1. The van der Waals surface area contributed by atoms with Crippen molar-refractivity contribution in [3.63, 3.8) is 0 Å². The van der Waals surface area contributed by atoms with Crippen molar-refractivity contribution < 1.29 is 0 Å². The van der Waals surface area contributed by atoms with E-state index in [0.29, 0.717) is 0 Å². The van der Waals surface area contributed by atoms with Crippen LogP contribution < -0.4 is 0 Å². The van der Waals surface area contributed by atoms with E-state index in [1.54, 1.807) is 0 Å². The summed E-state index contributed by atoms with van der Waals surface area (Å²) in [6.45, 7) is 4.55. The SMILES string of the molecule is CCCCCCCCCCc1[c]cccc1CCCC. The molecule has 1 radical (unpaired) electrons. The molecule has 0 aliphatic carbocycles. The standard InChI is InChI=1S/C20H33/c1-3-5-7-8-9-10-11-12-16-20-18-14-13-17-19(20)15-6-4-2/h13-14,17H,3-12,15-16H2,1-2H3. The fourth-order valence-corrected chi connectivity index (χ4v) is 2.78. The molecule has 0 N–H and O–H groups in total. The molecule has 20 heavy (non-hydrogen) atoms. The van der Waals surface area contributed by atoms with Crippen LogP contribution in [-0.2, 0) is 12.8 Å². The Balaban J connectivity index is 2.15. The van der Waals surface area contributed by atoms with E-state index >= 15 is 0 Å². The van der Waals surface area contributed by atoms with Crippen LogP contribution in [0.15, 0.2) is 18.2 Å². The highest BCUT2D eigenvalue weighted by molar-refractivity contribution is 5.26. The lowest BCUT2D eigenvalue weighted by Crippen LogP contribution is -1.95. The number of hydrogen-bond donors (Lipinski definition) is 0. The lowest BCUT2D eigenvalue weighted by Gasteiger charge is -2.08. The summed E-state index contributed by atoms with van der Waals surface area (Å²) in [5, 5.41) is 0. The van der Waals surface area contributed by atoms with Gasteiger partial charge in [-0.1, -0.05) is 83.4 Å². The Morgan fingerprint density at radius 2 is 1.40 bits per heavy atom. The molecule has 0 aliphatic rings. The Morgan fingerprint density at radius 1 is 0.750 bits per heavy atom. The number of benzene rings is 1. The molecule has 1 aromatic carbocycles. The third-order valence-electron chi connectivity index (χ3n) is 4.12. The minimum absolute atomic E-state index is 1.23. The Kier molecular flexibility index (Phi) is 10.4. The molecule has 0 heterocycles. The lowest BCUT2D eigenvalue weighted by molar-refractivity contribution is 0.575. The van der Waals surface area contributed by atoms with Crippen molar-refractivity contribution in [3.05, 3.63) is 35.4 Å². The van der Waals surface area contributed by atoms with Crippen LogP contribution in [0.2, 0.25) is 0 Å². The maximum absolute atomic E-state index is 3.46. The maximum Gasteiger partial charge on any atom is -0.0146 e. The van der Waals surface area contributed by atoms with Crippen molar-refractivity contribution >= 4 is 0 Å². The van der Waals surface area contributed by atoms with Gasteiger partial charge in [0.15, 0.2) is 0 Å². The Hall–Kier alpha value is -0.780. The molecule has 0 saturated heterocycles. The number of rotatable bonds is 12. The quantitative estimate of drug-likeness (QED) is 0.381. The summed E-state index contributed by atoms with van der Waals surface area (Å²) < 4.78 is 0. The van der Waals surface area contributed by atoms with Gasteiger partial charge in [-0.15, -0.1) is 0 Å². The predicted octanol–water partition coefficient (Wildman–Crippen LogP) is 6.51. The van der Waals surface area contributed by atoms with E-state index in [0.717, 1.165) is 0 Å². The average Bonchev–Trinajstić information content (AvgIpc) is 2.49. The zero-order valence-electron chi connectivity index (χ0n) is 13.7. The smallest absolute Gasteiger partial charge is 0.0146 e. The fraction of sp³-hybridized carbons (Fsp3) is 0.700. The molecule has 0 aliphatic heterocycles. The molecule has 113 valence electrons. The van der Waals surface area contributed by atoms with E-state index in [2.05, 4.69) is 38.1 Å². The van der Waals surface area contributed by atoms with Crippen LogP contribution in [0.1, 0.15) is 89.2 Å². The molecule has 0 atom stereocenters. The molecule has 0 aromatic heterocycles. The van der Waals surface area contributed by atoms with Gasteiger partial charge >= 0.3 is 0 Å². The molecule has 0 bridgehead atoms. The van der Waals surface area contributed by atoms with E-state index in [1.165, 1.54) is 88.2 Å². The Bertz CT molecular complexity index is 327. The largest absolute Gasteiger partial charge is 0.0654 e. The van der Waals surface area contributed by atoms with Crippen molar-refractivity contribution in [3.8, 4) is 0 Å². The van der Waals surface area contributed by atoms with Crippen LogP contribution >= 0.6 is 0 Å². The number of aryl methyl sites for hydroxylation is 2. The summed E-state index contributed by atoms with van der Waals surface area (Å²) >= 11 is 0. The summed E-state index contributed by atoms with van der Waals surface area (Å²) in [6, 6.07) is 9.98. The van der Waals surface area contributed by atoms with Crippen molar-refractivity contribution in [1.82, 2.24) is 0 Å². The van der Waals surface area contributed by atoms with E-state index < -0.39 is 0 Å². The summed E-state index contributed by atoms with van der Waals surface area (Å²) in [4.78, 5) is 0. The summed E-state index contributed by atoms with van der Waals surface area (Å²) in [6.07, 6.45) is 16.3. The van der Waals surface area contributed by atoms with E-state index in [9.17, 15) is 0 Å². The third-order valence-corrected chi connectivity index (χ3v) is 4.12. The maximum atomic E-state index is 3.46. The predicted molar refractivity (Wildman–Crippen MR) is 90.2 cm³/mol. The van der Waals surface area contributed by atoms with Gasteiger partial charge in [-0.2, -0.15) is 0 Å². The van der Waals surface area contributed by atoms with Gasteiger partial charge in [0, 0.05) is 0 Å². The van der Waals surface area contributed by atoms with Gasteiger partial charge in [-0.05, 0) is 42.9 Å². The van der Waals surface area contributed by atoms with Gasteiger partial charge in [0.05, 0.1) is 0 Å². The van der Waals surface area contributed by atoms with Crippen LogP contribution in [0, 0.1) is 6.07 Å². The zero-order valence-corrected chi connectivity index (χ0v) is 13.7. The van der Waals surface area contributed by atoms with Gasteiger partial charge in [-0.25, -0.2) is 0 Å². The van der Waals surface area contributed by atoms with Crippen LogP contribution in [0.5, 0.6) is 0 Å². The topological polar surface area (TPSA) is 0 Å². The fourth-order valence-electron chi connectivity index (χ4n) is 2.78. The first-order valence-electron chi connectivity index (χ1n) is 8.87. The normalized spacial score (nSPS) is 10.9. The van der Waals surface area contributed by atoms with Crippen molar-refractivity contribution in [2.24, 2.45) is 0 Å². The van der Waals surface area contributed by atoms with Crippen molar-refractivity contribution in [2.45, 2.75) is 90.9 Å². The highest BCUT2D eigenvalue weighted by Gasteiger charge is 2.01. The van der Waals surface area contributed by atoms with Crippen LogP contribution in [0.3, 0.4) is 0 Å². The third kappa shape index (κ3) is 7.72. The van der Waals surface area contributed by atoms with E-state index in [-0.39, 0.29) is 0 Å². The monoisotopic (exact) mass is 273 g/mol. The first-order chi connectivity index (χ1) is 9.88. The molecule has 0 nitrogen and oxygen atoms in total. The van der Waals surface area contributed by atoms with Crippen LogP contribution in [-0.4, -0.2) is 0 Å². The molecule has 0 heteroatoms. The first-order valence-corrected chi connectivity index (χ1v) is 8.87. The Morgan fingerprint density at radius 3 is 2.10 bits per heavy atom. The van der Waals surface area contributed by atoms with Gasteiger partial charge < -0.3 is 0 Å². The molecule has 0 saturated carbocycles. The average molecular weight is 273 g/mol. The molecule has 1 rings (SSSR count). The molecule has 1 aromatic rings. The molecular weight excluding hydrogens is 240 g/mol. The van der Waals surface area contributed by atoms with E-state index in [1.807, 2.05) is 0 Å². The number of unbranched alkanes of at least 4 members (excludes halogenated alkanes) is 8. The molecule has 0 amide bonds. The first kappa shape index (κ1) is 17.3. The second-order valence-corrected chi connectivity index (χ2v) is 6.00. The van der Waals surface area contributed by atoms with Gasteiger partial charge in [-0.3, -0.25) is 0 Å². The summed E-state index contributed by atoms with van der Waals surface area (Å²) in [5.74, 6) is 0. The number of hydrogen-bond acceptors (Lipinski definition) is 0. The second-order valence-electron chi connectivity index (χ2n) is 6.00.